The normalized spacial score (nSPS) is 27.0. The summed E-state index contributed by atoms with van der Waals surface area (Å²) in [5, 5.41) is 10.9. The van der Waals surface area contributed by atoms with Crippen molar-refractivity contribution in [2.45, 2.75) is 80.7 Å². The van der Waals surface area contributed by atoms with E-state index in [4.69, 9.17) is 18.9 Å². The van der Waals surface area contributed by atoms with Gasteiger partial charge < -0.3 is 24.1 Å². The van der Waals surface area contributed by atoms with Crippen LogP contribution in [0.15, 0.2) is 53.4 Å². The molecule has 198 valence electrons. The third-order valence-corrected chi connectivity index (χ3v) is 7.69. The highest BCUT2D eigenvalue weighted by atomic mass is 32.2. The third kappa shape index (κ3) is 6.71. The van der Waals surface area contributed by atoms with Gasteiger partial charge in [-0.05, 0) is 48.1 Å². The van der Waals surface area contributed by atoms with Crippen molar-refractivity contribution < 1.29 is 38.4 Å². The number of aryl methyl sites for hydroxylation is 1. The van der Waals surface area contributed by atoms with Gasteiger partial charge in [0.15, 0.2) is 12.2 Å². The highest BCUT2D eigenvalue weighted by Gasteiger charge is 2.50. The van der Waals surface area contributed by atoms with E-state index in [0.717, 1.165) is 24.2 Å². The van der Waals surface area contributed by atoms with Crippen molar-refractivity contribution in [2.24, 2.45) is 0 Å². The smallest absolute Gasteiger partial charge is 0.303 e. The minimum atomic E-state index is -1.37. The quantitative estimate of drug-likeness (QED) is 0.424. The first kappa shape index (κ1) is 27.2. The first-order chi connectivity index (χ1) is 17.7. The van der Waals surface area contributed by atoms with Gasteiger partial charge >= 0.3 is 17.9 Å². The van der Waals surface area contributed by atoms with E-state index in [0.29, 0.717) is 0 Å². The van der Waals surface area contributed by atoms with Crippen LogP contribution in [0.25, 0.3) is 0 Å². The molecule has 0 spiro atoms. The lowest BCUT2D eigenvalue weighted by Gasteiger charge is -2.42. The molecule has 0 saturated carbocycles. The first-order valence-electron chi connectivity index (χ1n) is 12.4. The number of benzene rings is 2. The van der Waals surface area contributed by atoms with E-state index in [1.807, 2.05) is 12.1 Å². The van der Waals surface area contributed by atoms with Gasteiger partial charge in [0.05, 0.1) is 0 Å². The Balaban J connectivity index is 1.62. The van der Waals surface area contributed by atoms with Crippen molar-refractivity contribution in [3.63, 3.8) is 0 Å². The van der Waals surface area contributed by atoms with E-state index >= 15 is 0 Å². The first-order valence-corrected chi connectivity index (χ1v) is 13.3. The Kier molecular flexibility index (Phi) is 8.89. The Morgan fingerprint density at radius 3 is 2.43 bits per heavy atom. The third-order valence-electron chi connectivity index (χ3n) is 6.56. The fraction of sp³-hybridized carbons (Fsp3) is 0.464. The topological polar surface area (TPSA) is 108 Å². The molecule has 37 heavy (non-hydrogen) atoms. The minimum Gasteiger partial charge on any atom is -0.463 e. The molecule has 6 atom stereocenters. The molecule has 0 bridgehead atoms. The van der Waals surface area contributed by atoms with Gasteiger partial charge in [0, 0.05) is 31.6 Å². The predicted molar refractivity (Wildman–Crippen MR) is 136 cm³/mol. The summed E-state index contributed by atoms with van der Waals surface area (Å²) in [6.45, 7) is 3.46. The van der Waals surface area contributed by atoms with E-state index in [1.165, 1.54) is 49.2 Å². The Morgan fingerprint density at radius 2 is 1.70 bits per heavy atom. The molecule has 1 aliphatic heterocycles. The second kappa shape index (κ2) is 12.1. The summed E-state index contributed by atoms with van der Waals surface area (Å²) >= 11 is 1.30. The number of fused-ring (bicyclic) bond motifs is 1. The molecule has 8 nitrogen and oxygen atoms in total. The van der Waals surface area contributed by atoms with Crippen molar-refractivity contribution in [1.82, 2.24) is 0 Å². The lowest BCUT2D eigenvalue weighted by Crippen LogP contribution is -2.60. The number of carbonyl (C=O) groups excluding carboxylic acids is 3. The second-order valence-corrected chi connectivity index (χ2v) is 10.5. The maximum atomic E-state index is 11.9. The van der Waals surface area contributed by atoms with Crippen LogP contribution in [0.4, 0.5) is 0 Å². The molecule has 2 aromatic carbocycles. The number of thioether (sulfide) groups is 1. The number of aliphatic hydroxyl groups excluding tert-OH is 1. The van der Waals surface area contributed by atoms with Crippen LogP contribution in [-0.4, -0.2) is 59.5 Å². The van der Waals surface area contributed by atoms with Crippen LogP contribution in [0.5, 0.6) is 0 Å². The number of aliphatic hydroxyl groups is 1. The minimum absolute atomic E-state index is 0.239. The standard InChI is InChI=1S/C28H32O8S/c1-16(29)33-15-24-25(32)26(34-17(2)30)27(35-18(3)31)28(36-24)37-21-11-6-10-20(14-21)23-13-7-9-19-8-4-5-12-22(19)23/h4-6,8,10-12,14,23-28,32H,7,9,13,15H2,1-3H3/t23?,24?,25-,26?,27?,28+/m1/s1. The van der Waals surface area contributed by atoms with Crippen LogP contribution in [0, 0.1) is 0 Å². The highest BCUT2D eigenvalue weighted by Crippen LogP contribution is 2.40. The summed E-state index contributed by atoms with van der Waals surface area (Å²) in [4.78, 5) is 36.0. The fourth-order valence-electron chi connectivity index (χ4n) is 5.00. The van der Waals surface area contributed by atoms with Crippen molar-refractivity contribution in [1.29, 1.82) is 0 Å². The van der Waals surface area contributed by atoms with E-state index in [2.05, 4.69) is 36.4 Å². The molecule has 2 aliphatic rings. The molecular formula is C28H32O8S. The summed E-state index contributed by atoms with van der Waals surface area (Å²) in [5.41, 5.74) is 3.05. The van der Waals surface area contributed by atoms with Crippen LogP contribution in [0.1, 0.15) is 56.2 Å². The van der Waals surface area contributed by atoms with Crippen molar-refractivity contribution in [3.05, 3.63) is 65.2 Å². The summed E-state index contributed by atoms with van der Waals surface area (Å²) < 4.78 is 22.0. The van der Waals surface area contributed by atoms with Gasteiger partial charge in [-0.1, -0.05) is 48.2 Å². The Morgan fingerprint density at radius 1 is 0.973 bits per heavy atom. The van der Waals surface area contributed by atoms with E-state index in [-0.39, 0.29) is 12.5 Å². The Labute approximate surface area is 220 Å². The average molecular weight is 529 g/mol. The Bertz CT molecular complexity index is 1130. The van der Waals surface area contributed by atoms with Crippen LogP contribution in [0.2, 0.25) is 0 Å². The lowest BCUT2D eigenvalue weighted by atomic mass is 9.79. The van der Waals surface area contributed by atoms with Gasteiger partial charge in [-0.3, -0.25) is 14.4 Å². The number of esters is 3. The molecule has 0 amide bonds. The van der Waals surface area contributed by atoms with Gasteiger partial charge in [-0.2, -0.15) is 0 Å². The van der Waals surface area contributed by atoms with E-state index in [1.54, 1.807) is 0 Å². The summed E-state index contributed by atoms with van der Waals surface area (Å²) in [5.74, 6) is -1.51. The van der Waals surface area contributed by atoms with E-state index in [9.17, 15) is 19.5 Å². The van der Waals surface area contributed by atoms with Crippen LogP contribution >= 0.6 is 11.8 Å². The zero-order valence-corrected chi connectivity index (χ0v) is 21.9. The molecule has 4 unspecified atom stereocenters. The zero-order valence-electron chi connectivity index (χ0n) is 21.1. The second-order valence-electron chi connectivity index (χ2n) is 9.32. The SMILES string of the molecule is CC(=O)OCC1O[C@@H](Sc2cccc(C3CCCc4ccccc43)c2)C(OC(C)=O)C(OC(C)=O)[C@@H]1O. The van der Waals surface area contributed by atoms with Gasteiger partial charge in [-0.15, -0.1) is 0 Å². The maximum absolute atomic E-state index is 11.9. The average Bonchev–Trinajstić information content (AvgIpc) is 2.86. The molecule has 1 saturated heterocycles. The van der Waals surface area contributed by atoms with Gasteiger partial charge in [0.1, 0.15) is 24.3 Å². The molecule has 1 aliphatic carbocycles. The predicted octanol–water partition coefficient (Wildman–Crippen LogP) is 3.76. The monoisotopic (exact) mass is 528 g/mol. The van der Waals surface area contributed by atoms with Crippen LogP contribution in [-0.2, 0) is 39.8 Å². The summed E-state index contributed by atoms with van der Waals surface area (Å²) in [7, 11) is 0. The molecule has 9 heteroatoms. The zero-order chi connectivity index (χ0) is 26.5. The van der Waals surface area contributed by atoms with Gasteiger partial charge in [0.2, 0.25) is 0 Å². The molecule has 0 aromatic heterocycles. The largest absolute Gasteiger partial charge is 0.463 e. The lowest BCUT2D eigenvalue weighted by molar-refractivity contribution is -0.230. The van der Waals surface area contributed by atoms with E-state index < -0.39 is 47.8 Å². The van der Waals surface area contributed by atoms with Gasteiger partial charge in [-0.25, -0.2) is 0 Å². The Hall–Kier alpha value is -2.88. The van der Waals surface area contributed by atoms with Crippen molar-refractivity contribution >= 4 is 29.7 Å². The molecule has 0 radical (unpaired) electrons. The van der Waals surface area contributed by atoms with Crippen LogP contribution < -0.4 is 0 Å². The number of carbonyl (C=O) groups is 3. The highest BCUT2D eigenvalue weighted by molar-refractivity contribution is 7.99. The summed E-state index contributed by atoms with van der Waals surface area (Å²) in [6, 6.07) is 16.6. The van der Waals surface area contributed by atoms with Crippen molar-refractivity contribution in [3.8, 4) is 0 Å². The molecule has 1 fully saturated rings. The summed E-state index contributed by atoms with van der Waals surface area (Å²) in [6.07, 6.45) is -1.38. The molecule has 1 N–H and O–H groups in total. The maximum Gasteiger partial charge on any atom is 0.303 e. The van der Waals surface area contributed by atoms with Gasteiger partial charge in [0.25, 0.3) is 0 Å². The van der Waals surface area contributed by atoms with Crippen LogP contribution in [0.3, 0.4) is 0 Å². The fourth-order valence-corrected chi connectivity index (χ4v) is 6.18. The van der Waals surface area contributed by atoms with Crippen molar-refractivity contribution in [2.75, 3.05) is 6.61 Å². The molecule has 4 rings (SSSR count). The number of ether oxygens (including phenoxy) is 4. The number of hydrogen-bond donors (Lipinski definition) is 1. The number of rotatable bonds is 7. The molecule has 2 aromatic rings. The number of hydrogen-bond acceptors (Lipinski definition) is 9. The molecule has 1 heterocycles. The molecular weight excluding hydrogens is 496 g/mol.